The Bertz CT molecular complexity index is 1200. The number of hydrogen-bond acceptors (Lipinski definition) is 5. The molecular formula is C25H25N3O4. The number of ether oxygens (including phenoxy) is 2. The van der Waals surface area contributed by atoms with Crippen molar-refractivity contribution in [2.75, 3.05) is 20.8 Å². The summed E-state index contributed by atoms with van der Waals surface area (Å²) in [5, 5.41) is 0. The summed E-state index contributed by atoms with van der Waals surface area (Å²) >= 11 is 0. The SMILES string of the molecule is COc1ccc(Cc2nc3c(c(=O)[nH]2)CN(C(=O)C=Cc2ccccc2)CC3)cc1OC. The normalized spacial score (nSPS) is 13.1. The van der Waals surface area contributed by atoms with Crippen LogP contribution in [0.3, 0.4) is 0 Å². The summed E-state index contributed by atoms with van der Waals surface area (Å²) in [7, 11) is 3.17. The largest absolute Gasteiger partial charge is 0.493 e. The molecule has 1 aliphatic heterocycles. The molecule has 0 unspecified atom stereocenters. The zero-order valence-electron chi connectivity index (χ0n) is 18.1. The van der Waals surface area contributed by atoms with Gasteiger partial charge < -0.3 is 19.4 Å². The molecule has 0 saturated heterocycles. The Morgan fingerprint density at radius 2 is 1.91 bits per heavy atom. The monoisotopic (exact) mass is 431 g/mol. The van der Waals surface area contributed by atoms with Gasteiger partial charge in [-0.15, -0.1) is 0 Å². The molecule has 1 aliphatic rings. The van der Waals surface area contributed by atoms with Crippen molar-refractivity contribution in [2.24, 2.45) is 0 Å². The fraction of sp³-hybridized carbons (Fsp3) is 0.240. The van der Waals surface area contributed by atoms with Crippen LogP contribution in [0.4, 0.5) is 0 Å². The first-order chi connectivity index (χ1) is 15.6. The number of aromatic nitrogens is 2. The van der Waals surface area contributed by atoms with Gasteiger partial charge in [-0.1, -0.05) is 36.4 Å². The molecule has 4 rings (SSSR count). The predicted molar refractivity (Wildman–Crippen MR) is 122 cm³/mol. The zero-order valence-corrected chi connectivity index (χ0v) is 18.1. The lowest BCUT2D eigenvalue weighted by Gasteiger charge is -2.27. The highest BCUT2D eigenvalue weighted by Crippen LogP contribution is 2.28. The van der Waals surface area contributed by atoms with Gasteiger partial charge in [0.1, 0.15) is 5.82 Å². The molecule has 1 amide bonds. The predicted octanol–water partition coefficient (Wildman–Crippen LogP) is 2.98. The summed E-state index contributed by atoms with van der Waals surface area (Å²) in [5.74, 6) is 1.75. The second-order valence-corrected chi connectivity index (χ2v) is 7.56. The van der Waals surface area contributed by atoms with Crippen LogP contribution >= 0.6 is 0 Å². The molecule has 0 spiro atoms. The molecule has 0 bridgehead atoms. The number of benzene rings is 2. The maximum Gasteiger partial charge on any atom is 0.256 e. The average Bonchev–Trinajstić information content (AvgIpc) is 2.83. The highest BCUT2D eigenvalue weighted by Gasteiger charge is 2.23. The average molecular weight is 431 g/mol. The van der Waals surface area contributed by atoms with Crippen molar-refractivity contribution in [1.29, 1.82) is 0 Å². The van der Waals surface area contributed by atoms with E-state index < -0.39 is 0 Å². The Morgan fingerprint density at radius 1 is 1.12 bits per heavy atom. The summed E-state index contributed by atoms with van der Waals surface area (Å²) < 4.78 is 10.6. The number of fused-ring (bicyclic) bond motifs is 1. The Kier molecular flexibility index (Phi) is 6.35. The quantitative estimate of drug-likeness (QED) is 0.607. The number of aromatic amines is 1. The van der Waals surface area contributed by atoms with Crippen LogP contribution in [-0.4, -0.2) is 41.5 Å². The van der Waals surface area contributed by atoms with Gasteiger partial charge in [0.05, 0.1) is 32.0 Å². The van der Waals surface area contributed by atoms with E-state index >= 15 is 0 Å². The number of nitrogens with zero attached hydrogens (tertiary/aromatic N) is 2. The van der Waals surface area contributed by atoms with Gasteiger partial charge in [-0.3, -0.25) is 9.59 Å². The van der Waals surface area contributed by atoms with Crippen molar-refractivity contribution >= 4 is 12.0 Å². The number of H-pyrrole nitrogens is 1. The van der Waals surface area contributed by atoms with E-state index in [1.54, 1.807) is 31.3 Å². The summed E-state index contributed by atoms with van der Waals surface area (Å²) in [5.41, 5.74) is 3.01. The lowest BCUT2D eigenvalue weighted by molar-refractivity contribution is -0.126. The molecule has 7 heteroatoms. The van der Waals surface area contributed by atoms with Crippen molar-refractivity contribution in [1.82, 2.24) is 14.9 Å². The smallest absolute Gasteiger partial charge is 0.256 e. The van der Waals surface area contributed by atoms with Gasteiger partial charge in [0.25, 0.3) is 5.56 Å². The molecule has 0 radical (unpaired) electrons. The van der Waals surface area contributed by atoms with E-state index in [0.717, 1.165) is 16.8 Å². The maximum absolute atomic E-state index is 12.7. The van der Waals surface area contributed by atoms with Crippen LogP contribution in [0, 0.1) is 0 Å². The number of hydrogen-bond donors (Lipinski definition) is 1. The topological polar surface area (TPSA) is 84.5 Å². The van der Waals surface area contributed by atoms with E-state index in [1.165, 1.54) is 0 Å². The van der Waals surface area contributed by atoms with Crippen molar-refractivity contribution in [3.05, 3.63) is 93.2 Å². The van der Waals surface area contributed by atoms with Crippen LogP contribution < -0.4 is 15.0 Å². The molecule has 32 heavy (non-hydrogen) atoms. The van der Waals surface area contributed by atoms with Crippen LogP contribution in [0.15, 0.2) is 59.4 Å². The molecule has 0 aliphatic carbocycles. The van der Waals surface area contributed by atoms with Gasteiger partial charge in [-0.05, 0) is 29.3 Å². The van der Waals surface area contributed by atoms with Gasteiger partial charge in [0, 0.05) is 25.5 Å². The van der Waals surface area contributed by atoms with Crippen LogP contribution in [0.2, 0.25) is 0 Å². The molecule has 2 aromatic carbocycles. The van der Waals surface area contributed by atoms with Crippen LogP contribution in [0.1, 0.15) is 28.2 Å². The first kappa shape index (κ1) is 21.4. The molecule has 2 heterocycles. The third kappa shape index (κ3) is 4.72. The van der Waals surface area contributed by atoms with E-state index in [4.69, 9.17) is 9.47 Å². The molecule has 7 nitrogen and oxygen atoms in total. The molecule has 0 saturated carbocycles. The van der Waals surface area contributed by atoms with Crippen molar-refractivity contribution in [3.63, 3.8) is 0 Å². The number of rotatable bonds is 6. The fourth-order valence-electron chi connectivity index (χ4n) is 3.77. The maximum atomic E-state index is 12.7. The summed E-state index contributed by atoms with van der Waals surface area (Å²) in [6, 6.07) is 15.3. The molecule has 3 aromatic rings. The lowest BCUT2D eigenvalue weighted by atomic mass is 10.1. The lowest BCUT2D eigenvalue weighted by Crippen LogP contribution is -2.39. The minimum Gasteiger partial charge on any atom is -0.493 e. The molecule has 1 N–H and O–H groups in total. The van der Waals surface area contributed by atoms with E-state index in [1.807, 2.05) is 48.5 Å². The van der Waals surface area contributed by atoms with Crippen LogP contribution in [-0.2, 0) is 24.2 Å². The second kappa shape index (κ2) is 9.51. The van der Waals surface area contributed by atoms with Crippen LogP contribution in [0.25, 0.3) is 6.08 Å². The minimum absolute atomic E-state index is 0.117. The standard InChI is InChI=1S/C25H25N3O4/c1-31-21-10-8-18(14-22(21)32-2)15-23-26-20-12-13-28(16-19(20)25(30)27-23)24(29)11-9-17-6-4-3-5-7-17/h3-11,14H,12-13,15-16H2,1-2H3,(H,26,27,30). The first-order valence-electron chi connectivity index (χ1n) is 10.4. The van der Waals surface area contributed by atoms with Crippen molar-refractivity contribution in [2.45, 2.75) is 19.4 Å². The Balaban J connectivity index is 1.49. The van der Waals surface area contributed by atoms with Gasteiger partial charge >= 0.3 is 0 Å². The van der Waals surface area contributed by atoms with Gasteiger partial charge in [-0.25, -0.2) is 4.98 Å². The second-order valence-electron chi connectivity index (χ2n) is 7.56. The van der Waals surface area contributed by atoms with Gasteiger partial charge in [-0.2, -0.15) is 0 Å². The number of carbonyl (C=O) groups excluding carboxylic acids is 1. The highest BCUT2D eigenvalue weighted by molar-refractivity contribution is 5.91. The number of carbonyl (C=O) groups is 1. The van der Waals surface area contributed by atoms with E-state index in [0.29, 0.717) is 42.3 Å². The summed E-state index contributed by atoms with van der Waals surface area (Å²) in [4.78, 5) is 34.6. The molecular weight excluding hydrogens is 406 g/mol. The fourth-order valence-corrected chi connectivity index (χ4v) is 3.77. The highest BCUT2D eigenvalue weighted by atomic mass is 16.5. The van der Waals surface area contributed by atoms with Gasteiger partial charge in [0.2, 0.25) is 5.91 Å². The molecule has 0 atom stereocenters. The Labute approximate surface area is 186 Å². The third-order valence-corrected chi connectivity index (χ3v) is 5.47. The number of methoxy groups -OCH3 is 2. The Hall–Kier alpha value is -3.87. The minimum atomic E-state index is -0.199. The van der Waals surface area contributed by atoms with Crippen molar-refractivity contribution in [3.8, 4) is 11.5 Å². The third-order valence-electron chi connectivity index (χ3n) is 5.47. The zero-order chi connectivity index (χ0) is 22.5. The van der Waals surface area contributed by atoms with E-state index in [2.05, 4.69) is 9.97 Å². The Morgan fingerprint density at radius 3 is 2.66 bits per heavy atom. The van der Waals surface area contributed by atoms with E-state index in [9.17, 15) is 9.59 Å². The molecule has 0 fully saturated rings. The first-order valence-corrected chi connectivity index (χ1v) is 10.4. The molecule has 1 aromatic heterocycles. The summed E-state index contributed by atoms with van der Waals surface area (Å²) in [6.07, 6.45) is 4.34. The van der Waals surface area contributed by atoms with Gasteiger partial charge in [0.15, 0.2) is 11.5 Å². The van der Waals surface area contributed by atoms with Crippen LogP contribution in [0.5, 0.6) is 11.5 Å². The van der Waals surface area contributed by atoms with E-state index in [-0.39, 0.29) is 18.0 Å². The number of nitrogens with one attached hydrogen (secondary N) is 1. The van der Waals surface area contributed by atoms with Crippen molar-refractivity contribution < 1.29 is 14.3 Å². The summed E-state index contributed by atoms with van der Waals surface area (Å²) in [6.45, 7) is 0.781. The number of amides is 1. The molecule has 164 valence electrons.